The molecule has 8 heteroatoms. The summed E-state index contributed by atoms with van der Waals surface area (Å²) in [4.78, 5) is 4.24. The quantitative estimate of drug-likeness (QED) is 0.321. The molecule has 0 saturated heterocycles. The zero-order valence-electron chi connectivity index (χ0n) is 14.5. The predicted molar refractivity (Wildman–Crippen MR) is 117 cm³/mol. The number of nitrogens with one attached hydrogen (secondary N) is 2. The molecule has 0 bridgehead atoms. The summed E-state index contributed by atoms with van der Waals surface area (Å²) in [6.07, 6.45) is 3.65. The molecule has 2 N–H and O–H groups in total. The molecule has 0 aliphatic heterocycles. The van der Waals surface area contributed by atoms with Crippen molar-refractivity contribution < 1.29 is 0 Å². The zero-order valence-corrected chi connectivity index (χ0v) is 17.6. The van der Waals surface area contributed by atoms with E-state index in [-0.39, 0.29) is 24.0 Å². The molecule has 138 valence electrons. The highest BCUT2D eigenvalue weighted by atomic mass is 127. The zero-order chi connectivity index (χ0) is 17.5. The third-order valence-corrected chi connectivity index (χ3v) is 4.12. The Morgan fingerprint density at radius 3 is 2.50 bits per heavy atom. The highest BCUT2D eigenvalue weighted by Crippen LogP contribution is 2.09. The van der Waals surface area contributed by atoms with E-state index in [0.717, 1.165) is 48.4 Å². The summed E-state index contributed by atoms with van der Waals surface area (Å²) < 4.78 is 2.00. The summed E-state index contributed by atoms with van der Waals surface area (Å²) in [5, 5.41) is 15.8. The summed E-state index contributed by atoms with van der Waals surface area (Å²) in [5.74, 6) is 1.71. The maximum absolute atomic E-state index is 5.90. The fraction of sp³-hybridized carbons (Fsp3) is 0.278. The lowest BCUT2D eigenvalue weighted by Crippen LogP contribution is -2.39. The van der Waals surface area contributed by atoms with Gasteiger partial charge in [-0.05, 0) is 36.2 Å². The van der Waals surface area contributed by atoms with Gasteiger partial charge in [0, 0.05) is 37.8 Å². The number of hydrogen-bond donors (Lipinski definition) is 2. The van der Waals surface area contributed by atoms with Gasteiger partial charge in [0.2, 0.25) is 0 Å². The molecule has 2 aromatic heterocycles. The van der Waals surface area contributed by atoms with Crippen LogP contribution in [0.4, 0.5) is 0 Å². The van der Waals surface area contributed by atoms with E-state index in [1.54, 1.807) is 7.05 Å². The smallest absolute Gasteiger partial charge is 0.191 e. The summed E-state index contributed by atoms with van der Waals surface area (Å²) in [6, 6.07) is 13.8. The topological polar surface area (TPSA) is 66.6 Å². The maximum Gasteiger partial charge on any atom is 0.191 e. The minimum atomic E-state index is 0. The highest BCUT2D eigenvalue weighted by molar-refractivity contribution is 14.0. The van der Waals surface area contributed by atoms with Gasteiger partial charge < -0.3 is 10.6 Å². The number of nitrogens with zero attached hydrogens (tertiary/aromatic N) is 4. The summed E-state index contributed by atoms with van der Waals surface area (Å²) >= 11 is 5.90. The molecular weight excluding hydrogens is 463 g/mol. The van der Waals surface area contributed by atoms with Crippen molar-refractivity contribution in [3.63, 3.8) is 0 Å². The van der Waals surface area contributed by atoms with E-state index in [2.05, 4.69) is 25.8 Å². The van der Waals surface area contributed by atoms with Crippen molar-refractivity contribution in [2.75, 3.05) is 20.1 Å². The Balaban J connectivity index is 0.00000243. The number of fused-ring (bicyclic) bond motifs is 1. The van der Waals surface area contributed by atoms with E-state index in [0.29, 0.717) is 0 Å². The van der Waals surface area contributed by atoms with E-state index < -0.39 is 0 Å². The summed E-state index contributed by atoms with van der Waals surface area (Å²) in [6.45, 7) is 1.53. The standard InChI is InChI=1S/C18H21ClN6.HI/c1-20-18(21-11-9-14-5-7-15(19)8-6-14)22-12-10-17-24-23-16-4-2-3-13-25(16)17;/h2-8,13H,9-12H2,1H3,(H2,20,21,22);1H. The van der Waals surface area contributed by atoms with Gasteiger partial charge in [-0.15, -0.1) is 34.2 Å². The van der Waals surface area contributed by atoms with Gasteiger partial charge in [-0.1, -0.05) is 29.8 Å². The number of benzene rings is 1. The minimum absolute atomic E-state index is 0. The van der Waals surface area contributed by atoms with Crippen molar-refractivity contribution in [2.45, 2.75) is 12.8 Å². The first-order valence-corrected chi connectivity index (χ1v) is 8.61. The molecule has 3 aromatic rings. The van der Waals surface area contributed by atoms with Crippen LogP contribution in [0.15, 0.2) is 53.7 Å². The van der Waals surface area contributed by atoms with Crippen LogP contribution in [0.5, 0.6) is 0 Å². The van der Waals surface area contributed by atoms with Crippen molar-refractivity contribution in [3.05, 3.63) is 65.1 Å². The Kier molecular flexibility index (Phi) is 8.11. The predicted octanol–water partition coefficient (Wildman–Crippen LogP) is 2.95. The highest BCUT2D eigenvalue weighted by Gasteiger charge is 2.04. The van der Waals surface area contributed by atoms with Crippen molar-refractivity contribution in [2.24, 2.45) is 4.99 Å². The lowest BCUT2D eigenvalue weighted by Gasteiger charge is -2.11. The molecule has 26 heavy (non-hydrogen) atoms. The van der Waals surface area contributed by atoms with Gasteiger partial charge in [-0.3, -0.25) is 9.39 Å². The van der Waals surface area contributed by atoms with Crippen LogP contribution < -0.4 is 10.6 Å². The number of pyridine rings is 1. The lowest BCUT2D eigenvalue weighted by atomic mass is 10.1. The number of guanidine groups is 1. The van der Waals surface area contributed by atoms with Gasteiger partial charge in [0.15, 0.2) is 11.6 Å². The molecule has 0 saturated carbocycles. The third-order valence-electron chi connectivity index (χ3n) is 3.87. The third kappa shape index (κ3) is 5.57. The van der Waals surface area contributed by atoms with Gasteiger partial charge >= 0.3 is 0 Å². The van der Waals surface area contributed by atoms with Crippen LogP contribution in [0.3, 0.4) is 0 Å². The van der Waals surface area contributed by atoms with Gasteiger partial charge in [0.05, 0.1) is 0 Å². The molecule has 0 spiro atoms. The first kappa shape index (κ1) is 20.4. The average molecular weight is 485 g/mol. The molecule has 3 rings (SSSR count). The number of aromatic nitrogens is 3. The van der Waals surface area contributed by atoms with Crippen LogP contribution in [0.25, 0.3) is 5.65 Å². The molecule has 0 unspecified atom stereocenters. The van der Waals surface area contributed by atoms with Crippen molar-refractivity contribution in [3.8, 4) is 0 Å². The Morgan fingerprint density at radius 2 is 1.77 bits per heavy atom. The molecule has 1 aromatic carbocycles. The van der Waals surface area contributed by atoms with Crippen LogP contribution in [-0.2, 0) is 12.8 Å². The molecule has 0 fully saturated rings. The van der Waals surface area contributed by atoms with Crippen LogP contribution in [0, 0.1) is 0 Å². The minimum Gasteiger partial charge on any atom is -0.356 e. The summed E-state index contributed by atoms with van der Waals surface area (Å²) in [5.41, 5.74) is 2.10. The normalized spacial score (nSPS) is 11.2. The number of halogens is 2. The molecule has 0 aliphatic rings. The van der Waals surface area contributed by atoms with E-state index in [1.807, 2.05) is 53.1 Å². The van der Waals surface area contributed by atoms with Crippen molar-refractivity contribution >= 4 is 47.2 Å². The second-order valence-electron chi connectivity index (χ2n) is 5.60. The fourth-order valence-electron chi connectivity index (χ4n) is 2.55. The van der Waals surface area contributed by atoms with Gasteiger partial charge in [0.1, 0.15) is 5.82 Å². The molecular formula is C18H22ClIN6. The lowest BCUT2D eigenvalue weighted by molar-refractivity contribution is 0.756. The second kappa shape index (κ2) is 10.3. The second-order valence-corrected chi connectivity index (χ2v) is 6.03. The largest absolute Gasteiger partial charge is 0.356 e. The first-order chi connectivity index (χ1) is 12.3. The first-order valence-electron chi connectivity index (χ1n) is 8.24. The van der Waals surface area contributed by atoms with Gasteiger partial charge in [-0.2, -0.15) is 0 Å². The van der Waals surface area contributed by atoms with Crippen LogP contribution >= 0.6 is 35.6 Å². The van der Waals surface area contributed by atoms with E-state index in [9.17, 15) is 0 Å². The monoisotopic (exact) mass is 484 g/mol. The fourth-order valence-corrected chi connectivity index (χ4v) is 2.68. The van der Waals surface area contributed by atoms with Crippen LogP contribution in [-0.4, -0.2) is 40.7 Å². The van der Waals surface area contributed by atoms with Crippen molar-refractivity contribution in [1.82, 2.24) is 25.2 Å². The Labute approximate surface area is 175 Å². The van der Waals surface area contributed by atoms with E-state index in [1.165, 1.54) is 5.56 Å². The Morgan fingerprint density at radius 1 is 1.04 bits per heavy atom. The molecule has 0 radical (unpaired) electrons. The van der Waals surface area contributed by atoms with Crippen LogP contribution in [0.1, 0.15) is 11.4 Å². The SMILES string of the molecule is CN=C(NCCc1ccc(Cl)cc1)NCCc1nnc2ccccn12.I. The molecule has 0 amide bonds. The molecule has 0 aliphatic carbocycles. The van der Waals surface area contributed by atoms with E-state index in [4.69, 9.17) is 11.6 Å². The van der Waals surface area contributed by atoms with Crippen LogP contribution in [0.2, 0.25) is 5.02 Å². The number of rotatable bonds is 6. The van der Waals surface area contributed by atoms with Crippen molar-refractivity contribution in [1.29, 1.82) is 0 Å². The van der Waals surface area contributed by atoms with E-state index >= 15 is 0 Å². The molecule has 6 nitrogen and oxygen atoms in total. The Bertz CT molecular complexity index is 846. The number of hydrogen-bond acceptors (Lipinski definition) is 3. The Hall–Kier alpha value is -1.87. The summed E-state index contributed by atoms with van der Waals surface area (Å²) in [7, 11) is 1.77. The van der Waals surface area contributed by atoms with Gasteiger partial charge in [0.25, 0.3) is 0 Å². The molecule has 2 heterocycles. The maximum atomic E-state index is 5.90. The average Bonchev–Trinajstić information content (AvgIpc) is 3.05. The number of aliphatic imine (C=N–C) groups is 1. The van der Waals surface area contributed by atoms with Gasteiger partial charge in [-0.25, -0.2) is 0 Å². The molecule has 0 atom stereocenters.